The molecule has 0 radical (unpaired) electrons. The number of hydrogen-bond acceptors (Lipinski definition) is 0. The molecule has 0 aromatic heterocycles. The number of allylic oxidation sites excluding steroid dienone is 2. The SMILES string of the molecule is ClC1CCC=CCCC(Cl)[S+]2CCC1C2. The van der Waals surface area contributed by atoms with Crippen molar-refractivity contribution in [1.82, 2.24) is 0 Å². The molecule has 0 N–H and O–H groups in total. The molecule has 0 saturated carbocycles. The van der Waals surface area contributed by atoms with Crippen LogP contribution in [0.15, 0.2) is 12.2 Å². The predicted octanol–water partition coefficient (Wildman–Crippen LogP) is 3.93. The van der Waals surface area contributed by atoms with Crippen molar-refractivity contribution in [2.75, 3.05) is 11.5 Å². The van der Waals surface area contributed by atoms with Crippen molar-refractivity contribution in [3.63, 3.8) is 0 Å². The molecule has 0 nitrogen and oxygen atoms in total. The first kappa shape index (κ1) is 12.1. The van der Waals surface area contributed by atoms with Crippen molar-refractivity contribution in [1.29, 1.82) is 0 Å². The second-order valence-electron chi connectivity index (χ2n) is 4.51. The fourth-order valence-electron chi connectivity index (χ4n) is 2.38. The van der Waals surface area contributed by atoms with Gasteiger partial charge in [-0.05, 0) is 19.3 Å². The number of rotatable bonds is 0. The van der Waals surface area contributed by atoms with Gasteiger partial charge in [-0.1, -0.05) is 23.8 Å². The highest BCUT2D eigenvalue weighted by molar-refractivity contribution is 7.98. The first-order valence-corrected chi connectivity index (χ1v) is 8.36. The van der Waals surface area contributed by atoms with Crippen molar-refractivity contribution in [2.24, 2.45) is 5.92 Å². The van der Waals surface area contributed by atoms with E-state index >= 15 is 0 Å². The number of alkyl halides is 2. The largest absolute Gasteiger partial charge is 0.191 e. The Morgan fingerprint density at radius 2 is 1.73 bits per heavy atom. The van der Waals surface area contributed by atoms with Crippen LogP contribution in [0.1, 0.15) is 32.1 Å². The van der Waals surface area contributed by atoms with Gasteiger partial charge in [-0.25, -0.2) is 0 Å². The minimum Gasteiger partial charge on any atom is -0.122 e. The zero-order valence-corrected chi connectivity index (χ0v) is 11.3. The summed E-state index contributed by atoms with van der Waals surface area (Å²) in [7, 11) is 0.449. The monoisotopic (exact) mass is 265 g/mol. The molecule has 2 bridgehead atoms. The fourth-order valence-corrected chi connectivity index (χ4v) is 6.10. The van der Waals surface area contributed by atoms with Crippen molar-refractivity contribution >= 4 is 34.1 Å². The maximum absolute atomic E-state index is 6.45. The maximum Gasteiger partial charge on any atom is 0.191 e. The lowest BCUT2D eigenvalue weighted by atomic mass is 10.0. The van der Waals surface area contributed by atoms with E-state index in [-0.39, 0.29) is 0 Å². The molecule has 86 valence electrons. The molecule has 1 fully saturated rings. The fraction of sp³-hybridized carbons (Fsp3) is 0.833. The van der Waals surface area contributed by atoms with Crippen LogP contribution in [0.3, 0.4) is 0 Å². The van der Waals surface area contributed by atoms with E-state index in [1.165, 1.54) is 17.9 Å². The Balaban J connectivity index is 1.99. The van der Waals surface area contributed by atoms with Gasteiger partial charge in [-0.2, -0.15) is 0 Å². The minimum absolute atomic E-state index is 0.383. The lowest BCUT2D eigenvalue weighted by Gasteiger charge is -2.13. The van der Waals surface area contributed by atoms with Crippen LogP contribution in [0.5, 0.6) is 0 Å². The van der Waals surface area contributed by atoms with Gasteiger partial charge in [0.1, 0.15) is 11.5 Å². The van der Waals surface area contributed by atoms with Crippen LogP contribution in [0.4, 0.5) is 0 Å². The van der Waals surface area contributed by atoms with E-state index in [0.29, 0.717) is 21.0 Å². The van der Waals surface area contributed by atoms with Crippen LogP contribution in [-0.2, 0) is 10.9 Å². The van der Waals surface area contributed by atoms with Crippen molar-refractivity contribution in [3.8, 4) is 0 Å². The third-order valence-electron chi connectivity index (χ3n) is 3.39. The second kappa shape index (κ2) is 5.84. The number of fused-ring (bicyclic) bond motifs is 2. The molecule has 3 heteroatoms. The van der Waals surface area contributed by atoms with Gasteiger partial charge in [0, 0.05) is 35.0 Å². The molecule has 0 aromatic rings. The van der Waals surface area contributed by atoms with E-state index in [9.17, 15) is 0 Å². The highest BCUT2D eigenvalue weighted by Crippen LogP contribution is 2.34. The van der Waals surface area contributed by atoms with E-state index in [4.69, 9.17) is 23.2 Å². The van der Waals surface area contributed by atoms with Gasteiger partial charge in [0.15, 0.2) is 4.71 Å². The minimum atomic E-state index is 0.383. The van der Waals surface area contributed by atoms with Crippen molar-refractivity contribution < 1.29 is 0 Å². The first-order chi connectivity index (χ1) is 7.27. The molecule has 1 saturated heterocycles. The van der Waals surface area contributed by atoms with Gasteiger partial charge < -0.3 is 0 Å². The predicted molar refractivity (Wildman–Crippen MR) is 72.1 cm³/mol. The molecule has 15 heavy (non-hydrogen) atoms. The van der Waals surface area contributed by atoms with E-state index in [0.717, 1.165) is 31.6 Å². The standard InChI is InChI=1S/C12H19Cl2S/c13-11-5-3-1-2-4-6-12(14)15-8-7-10(11)9-15/h1-2,10-12H,3-9H2/q+1. The van der Waals surface area contributed by atoms with Crippen LogP contribution in [0.25, 0.3) is 0 Å². The van der Waals surface area contributed by atoms with E-state index in [2.05, 4.69) is 12.2 Å². The molecule has 0 aromatic carbocycles. The van der Waals surface area contributed by atoms with Gasteiger partial charge >= 0.3 is 0 Å². The van der Waals surface area contributed by atoms with Crippen molar-refractivity contribution in [2.45, 2.75) is 42.2 Å². The summed E-state index contributed by atoms with van der Waals surface area (Å²) >= 11 is 12.9. The first-order valence-electron chi connectivity index (χ1n) is 5.87. The zero-order valence-electron chi connectivity index (χ0n) is 9.00. The molecule has 2 rings (SSSR count). The van der Waals surface area contributed by atoms with Crippen LogP contribution in [0, 0.1) is 5.92 Å². The summed E-state index contributed by atoms with van der Waals surface area (Å²) in [6.45, 7) is 0. The molecular weight excluding hydrogens is 247 g/mol. The average molecular weight is 266 g/mol. The van der Waals surface area contributed by atoms with Crippen LogP contribution in [-0.4, -0.2) is 21.6 Å². The summed E-state index contributed by atoms with van der Waals surface area (Å²) in [4.78, 5) is 0. The van der Waals surface area contributed by atoms with Gasteiger partial charge in [0.25, 0.3) is 0 Å². The van der Waals surface area contributed by atoms with E-state index < -0.39 is 0 Å². The lowest BCUT2D eigenvalue weighted by Crippen LogP contribution is -2.21. The molecule has 0 aliphatic carbocycles. The topological polar surface area (TPSA) is 0 Å². The Hall–Kier alpha value is 0.670. The highest BCUT2D eigenvalue weighted by Gasteiger charge is 2.40. The lowest BCUT2D eigenvalue weighted by molar-refractivity contribution is 0.534. The van der Waals surface area contributed by atoms with Gasteiger partial charge in [-0.15, -0.1) is 11.6 Å². The molecule has 4 atom stereocenters. The van der Waals surface area contributed by atoms with Crippen LogP contribution in [0.2, 0.25) is 0 Å². The van der Waals surface area contributed by atoms with E-state index in [1.807, 2.05) is 0 Å². The molecule has 4 unspecified atom stereocenters. The Morgan fingerprint density at radius 3 is 2.53 bits per heavy atom. The number of halogens is 2. The third-order valence-corrected chi connectivity index (χ3v) is 7.51. The summed E-state index contributed by atoms with van der Waals surface area (Å²) in [5.41, 5.74) is 0. The number of hydrogen-bond donors (Lipinski definition) is 0. The Morgan fingerprint density at radius 1 is 1.00 bits per heavy atom. The van der Waals surface area contributed by atoms with Crippen LogP contribution >= 0.6 is 23.2 Å². The molecular formula is C12H19Cl2S+. The van der Waals surface area contributed by atoms with Gasteiger partial charge in [-0.3, -0.25) is 0 Å². The Bertz CT molecular complexity index is 208. The average Bonchev–Trinajstić information content (AvgIpc) is 2.69. The summed E-state index contributed by atoms with van der Waals surface area (Å²) in [5, 5.41) is 0.383. The van der Waals surface area contributed by atoms with E-state index in [1.54, 1.807) is 0 Å². The molecule has 0 spiro atoms. The zero-order chi connectivity index (χ0) is 10.7. The van der Waals surface area contributed by atoms with Gasteiger partial charge in [0.05, 0.1) is 0 Å². The second-order valence-corrected chi connectivity index (χ2v) is 8.24. The normalized spacial score (nSPS) is 42.5. The smallest absolute Gasteiger partial charge is 0.122 e. The molecule has 2 aliphatic heterocycles. The maximum atomic E-state index is 6.45. The van der Waals surface area contributed by atoms with Crippen molar-refractivity contribution in [3.05, 3.63) is 12.2 Å². The molecule has 0 amide bonds. The van der Waals surface area contributed by atoms with Gasteiger partial charge in [0.2, 0.25) is 0 Å². The Kier molecular flexibility index (Phi) is 4.72. The summed E-state index contributed by atoms with van der Waals surface area (Å²) in [6, 6.07) is 0. The summed E-state index contributed by atoms with van der Waals surface area (Å²) < 4.78 is 0.404. The Labute approximate surface area is 106 Å². The third kappa shape index (κ3) is 3.31. The summed E-state index contributed by atoms with van der Waals surface area (Å²) in [5.74, 6) is 3.36. The summed E-state index contributed by atoms with van der Waals surface area (Å²) in [6.07, 6.45) is 10.5. The quantitative estimate of drug-likeness (QED) is 0.354. The van der Waals surface area contributed by atoms with Crippen LogP contribution < -0.4 is 0 Å². The highest BCUT2D eigenvalue weighted by atomic mass is 35.5. The molecule has 2 heterocycles. The molecule has 2 aliphatic rings.